The first-order valence-corrected chi connectivity index (χ1v) is 6.64. The number of nitrogens with two attached hydrogens (primary N) is 1. The standard InChI is InChI=1S/C14H19N3O3/c15-14(17-19)13(10-5-2-1-3-6-10)16-12(18)9-11-7-4-8-20-11/h1-3,5-6,11,13,19H,4,7-9H2,(H2,15,17)(H,16,18). The van der Waals surface area contributed by atoms with E-state index in [-0.39, 0.29) is 17.8 Å². The first-order valence-electron chi connectivity index (χ1n) is 6.64. The number of amidine groups is 1. The summed E-state index contributed by atoms with van der Waals surface area (Å²) in [6.45, 7) is 0.709. The highest BCUT2D eigenvalue weighted by Crippen LogP contribution is 2.17. The minimum Gasteiger partial charge on any atom is -0.409 e. The molecule has 0 spiro atoms. The Morgan fingerprint density at radius 3 is 2.85 bits per heavy atom. The molecule has 1 aromatic carbocycles. The van der Waals surface area contributed by atoms with Crippen molar-refractivity contribution >= 4 is 11.7 Å². The van der Waals surface area contributed by atoms with Gasteiger partial charge < -0.3 is 21.0 Å². The van der Waals surface area contributed by atoms with E-state index in [2.05, 4.69) is 10.5 Å². The van der Waals surface area contributed by atoms with E-state index in [1.165, 1.54) is 0 Å². The van der Waals surface area contributed by atoms with Crippen LogP contribution in [0.5, 0.6) is 0 Å². The van der Waals surface area contributed by atoms with E-state index in [0.717, 1.165) is 18.4 Å². The molecular weight excluding hydrogens is 258 g/mol. The van der Waals surface area contributed by atoms with E-state index in [0.29, 0.717) is 13.0 Å². The molecule has 2 unspecified atom stereocenters. The van der Waals surface area contributed by atoms with Crippen LogP contribution in [0.15, 0.2) is 35.5 Å². The smallest absolute Gasteiger partial charge is 0.223 e. The third-order valence-corrected chi connectivity index (χ3v) is 3.29. The fraction of sp³-hybridized carbons (Fsp3) is 0.429. The number of carbonyl (C=O) groups excluding carboxylic acids is 1. The first kappa shape index (κ1) is 14.3. The van der Waals surface area contributed by atoms with Crippen molar-refractivity contribution < 1.29 is 14.7 Å². The summed E-state index contributed by atoms with van der Waals surface area (Å²) >= 11 is 0. The molecule has 0 bridgehead atoms. The van der Waals surface area contributed by atoms with Crippen molar-refractivity contribution in [3.63, 3.8) is 0 Å². The molecule has 1 aromatic rings. The van der Waals surface area contributed by atoms with Crippen LogP contribution < -0.4 is 11.1 Å². The van der Waals surface area contributed by atoms with Crippen LogP contribution >= 0.6 is 0 Å². The van der Waals surface area contributed by atoms with E-state index in [4.69, 9.17) is 15.7 Å². The Labute approximate surface area is 117 Å². The predicted molar refractivity (Wildman–Crippen MR) is 74.3 cm³/mol. The van der Waals surface area contributed by atoms with Crippen LogP contribution in [0, 0.1) is 0 Å². The number of amides is 1. The topological polar surface area (TPSA) is 96.9 Å². The molecule has 1 aliphatic heterocycles. The van der Waals surface area contributed by atoms with Crippen molar-refractivity contribution in [2.45, 2.75) is 31.4 Å². The third-order valence-electron chi connectivity index (χ3n) is 3.29. The van der Waals surface area contributed by atoms with Crippen molar-refractivity contribution in [3.8, 4) is 0 Å². The van der Waals surface area contributed by atoms with Gasteiger partial charge >= 0.3 is 0 Å². The molecule has 1 fully saturated rings. The monoisotopic (exact) mass is 277 g/mol. The molecule has 2 rings (SSSR count). The first-order chi connectivity index (χ1) is 9.70. The van der Waals surface area contributed by atoms with Gasteiger partial charge in [0.25, 0.3) is 0 Å². The molecule has 1 aliphatic rings. The van der Waals surface area contributed by atoms with Gasteiger partial charge in [-0.1, -0.05) is 35.5 Å². The van der Waals surface area contributed by atoms with E-state index >= 15 is 0 Å². The Morgan fingerprint density at radius 1 is 1.50 bits per heavy atom. The maximum Gasteiger partial charge on any atom is 0.223 e. The van der Waals surface area contributed by atoms with Crippen molar-refractivity contribution in [2.24, 2.45) is 10.9 Å². The van der Waals surface area contributed by atoms with E-state index in [9.17, 15) is 4.79 Å². The second-order valence-corrected chi connectivity index (χ2v) is 4.78. The predicted octanol–water partition coefficient (Wildman–Crippen LogP) is 1.16. The summed E-state index contributed by atoms with van der Waals surface area (Å²) in [6.07, 6.45) is 2.15. The Morgan fingerprint density at radius 2 is 2.25 bits per heavy atom. The lowest BCUT2D eigenvalue weighted by Crippen LogP contribution is -2.38. The Hall–Kier alpha value is -2.08. The molecule has 6 nitrogen and oxygen atoms in total. The largest absolute Gasteiger partial charge is 0.409 e. The van der Waals surface area contributed by atoms with Gasteiger partial charge in [0.05, 0.1) is 12.5 Å². The van der Waals surface area contributed by atoms with Crippen molar-refractivity contribution in [2.75, 3.05) is 6.61 Å². The molecule has 4 N–H and O–H groups in total. The molecule has 1 heterocycles. The molecule has 1 amide bonds. The number of benzene rings is 1. The number of nitrogens with zero attached hydrogens (tertiary/aromatic N) is 1. The summed E-state index contributed by atoms with van der Waals surface area (Å²) in [6, 6.07) is 8.53. The van der Waals surface area contributed by atoms with E-state index < -0.39 is 6.04 Å². The van der Waals surface area contributed by atoms with Crippen LogP contribution in [0.25, 0.3) is 0 Å². The number of hydrogen-bond acceptors (Lipinski definition) is 4. The summed E-state index contributed by atoms with van der Waals surface area (Å²) in [5, 5.41) is 14.6. The second-order valence-electron chi connectivity index (χ2n) is 4.78. The highest BCUT2D eigenvalue weighted by Gasteiger charge is 2.23. The van der Waals surface area contributed by atoms with Gasteiger partial charge in [-0.3, -0.25) is 4.79 Å². The van der Waals surface area contributed by atoms with Crippen molar-refractivity contribution in [3.05, 3.63) is 35.9 Å². The quantitative estimate of drug-likeness (QED) is 0.325. The number of nitrogens with one attached hydrogen (secondary N) is 1. The highest BCUT2D eigenvalue weighted by molar-refractivity contribution is 5.91. The molecule has 0 saturated carbocycles. The van der Waals surface area contributed by atoms with Crippen molar-refractivity contribution in [1.29, 1.82) is 0 Å². The average molecular weight is 277 g/mol. The lowest BCUT2D eigenvalue weighted by Gasteiger charge is -2.19. The average Bonchev–Trinajstić information content (AvgIpc) is 2.97. The van der Waals surface area contributed by atoms with Crippen LogP contribution in [0.3, 0.4) is 0 Å². The number of ether oxygens (including phenoxy) is 1. The number of carbonyl (C=O) groups is 1. The molecule has 6 heteroatoms. The van der Waals surface area contributed by atoms with Crippen LogP contribution in [-0.2, 0) is 9.53 Å². The van der Waals surface area contributed by atoms with Gasteiger partial charge in [0.15, 0.2) is 5.84 Å². The maximum absolute atomic E-state index is 12.0. The summed E-state index contributed by atoms with van der Waals surface area (Å²) in [5.74, 6) is -0.214. The van der Waals surface area contributed by atoms with Crippen molar-refractivity contribution in [1.82, 2.24) is 5.32 Å². The normalized spacial score (nSPS) is 20.6. The van der Waals surface area contributed by atoms with Crippen LogP contribution in [0.2, 0.25) is 0 Å². The van der Waals surface area contributed by atoms with Gasteiger partial charge in [-0.25, -0.2) is 0 Å². The minimum atomic E-state index is -0.630. The zero-order valence-electron chi connectivity index (χ0n) is 11.2. The molecular formula is C14H19N3O3. The van der Waals surface area contributed by atoms with Gasteiger partial charge in [-0.05, 0) is 18.4 Å². The van der Waals surface area contributed by atoms with E-state index in [1.54, 1.807) is 0 Å². The number of oxime groups is 1. The van der Waals surface area contributed by atoms with Gasteiger partial charge in [-0.15, -0.1) is 0 Å². The van der Waals surface area contributed by atoms with Gasteiger partial charge in [0.1, 0.15) is 6.04 Å². The molecule has 2 atom stereocenters. The minimum absolute atomic E-state index is 0.0290. The highest BCUT2D eigenvalue weighted by atomic mass is 16.5. The Kier molecular flexibility index (Phi) is 4.95. The van der Waals surface area contributed by atoms with Gasteiger partial charge in [-0.2, -0.15) is 0 Å². The van der Waals surface area contributed by atoms with Gasteiger partial charge in [0, 0.05) is 6.61 Å². The zero-order valence-corrected chi connectivity index (χ0v) is 11.2. The van der Waals surface area contributed by atoms with Crippen LogP contribution in [0.4, 0.5) is 0 Å². The van der Waals surface area contributed by atoms with Crippen LogP contribution in [-0.4, -0.2) is 29.7 Å². The summed E-state index contributed by atoms with van der Waals surface area (Å²) in [4.78, 5) is 12.0. The molecule has 0 aliphatic carbocycles. The maximum atomic E-state index is 12.0. The van der Waals surface area contributed by atoms with E-state index in [1.807, 2.05) is 30.3 Å². The zero-order chi connectivity index (χ0) is 14.4. The van der Waals surface area contributed by atoms with Crippen LogP contribution in [0.1, 0.15) is 30.9 Å². The summed E-state index contributed by atoms with van der Waals surface area (Å²) < 4.78 is 5.43. The third kappa shape index (κ3) is 3.71. The molecule has 0 radical (unpaired) electrons. The second kappa shape index (κ2) is 6.91. The number of hydrogen-bond donors (Lipinski definition) is 3. The summed E-state index contributed by atoms with van der Waals surface area (Å²) in [5.41, 5.74) is 6.43. The molecule has 108 valence electrons. The van der Waals surface area contributed by atoms with Gasteiger partial charge in [0.2, 0.25) is 5.91 Å². The summed E-state index contributed by atoms with van der Waals surface area (Å²) in [7, 11) is 0. The molecule has 0 aromatic heterocycles. The fourth-order valence-electron chi connectivity index (χ4n) is 2.26. The molecule has 20 heavy (non-hydrogen) atoms. The molecule has 1 saturated heterocycles. The Bertz CT molecular complexity index is 470. The number of rotatable bonds is 5. The fourth-order valence-corrected chi connectivity index (χ4v) is 2.26. The Balaban J connectivity index is 2.02. The SMILES string of the molecule is NC(=NO)C(NC(=O)CC1CCCO1)c1ccccc1. The lowest BCUT2D eigenvalue weighted by molar-refractivity contribution is -0.123. The lowest BCUT2D eigenvalue weighted by atomic mass is 10.1.